The third-order valence-electron chi connectivity index (χ3n) is 3.20. The number of carbonyl (C=O) groups is 1. The van der Waals surface area contributed by atoms with Gasteiger partial charge < -0.3 is 9.73 Å². The molecule has 108 valence electrons. The van der Waals surface area contributed by atoms with Gasteiger partial charge in [-0.15, -0.1) is 0 Å². The minimum atomic E-state index is -0.263. The number of rotatable bonds is 5. The van der Waals surface area contributed by atoms with Crippen LogP contribution in [0.2, 0.25) is 0 Å². The molecule has 0 saturated heterocycles. The summed E-state index contributed by atoms with van der Waals surface area (Å²) >= 11 is 0. The molecule has 0 bridgehead atoms. The molecule has 1 aromatic carbocycles. The van der Waals surface area contributed by atoms with Crippen molar-refractivity contribution >= 4 is 16.9 Å². The highest BCUT2D eigenvalue weighted by molar-refractivity contribution is 5.81. The van der Waals surface area contributed by atoms with Gasteiger partial charge in [0.15, 0.2) is 0 Å². The zero-order valence-corrected chi connectivity index (χ0v) is 12.4. The second-order valence-corrected chi connectivity index (χ2v) is 5.46. The topological polar surface area (TPSA) is 54.3 Å². The molecule has 0 saturated carbocycles. The zero-order valence-electron chi connectivity index (χ0n) is 12.4. The SMILES string of the molecule is CC(C)NC(=O)C(C)NC(C)c1cc2ccccc2o1. The van der Waals surface area contributed by atoms with Crippen LogP contribution in [0.4, 0.5) is 0 Å². The summed E-state index contributed by atoms with van der Waals surface area (Å²) in [5.41, 5.74) is 0.871. The van der Waals surface area contributed by atoms with Gasteiger partial charge in [-0.05, 0) is 39.8 Å². The predicted molar refractivity (Wildman–Crippen MR) is 80.5 cm³/mol. The van der Waals surface area contributed by atoms with Crippen molar-refractivity contribution in [1.29, 1.82) is 0 Å². The van der Waals surface area contributed by atoms with E-state index >= 15 is 0 Å². The van der Waals surface area contributed by atoms with E-state index in [1.54, 1.807) is 0 Å². The lowest BCUT2D eigenvalue weighted by atomic mass is 10.2. The standard InChI is InChI=1S/C16H22N2O2/c1-10(2)17-16(19)12(4)18-11(3)15-9-13-7-5-6-8-14(13)20-15/h5-12,18H,1-4H3,(H,17,19). The van der Waals surface area contributed by atoms with E-state index in [0.717, 1.165) is 16.7 Å². The molecule has 20 heavy (non-hydrogen) atoms. The molecule has 2 aromatic rings. The first-order valence-corrected chi connectivity index (χ1v) is 7.02. The maximum Gasteiger partial charge on any atom is 0.237 e. The van der Waals surface area contributed by atoms with Gasteiger partial charge in [0.1, 0.15) is 11.3 Å². The lowest BCUT2D eigenvalue weighted by molar-refractivity contribution is -0.123. The summed E-state index contributed by atoms with van der Waals surface area (Å²) in [6, 6.07) is 9.78. The van der Waals surface area contributed by atoms with Crippen LogP contribution in [-0.4, -0.2) is 18.0 Å². The number of benzene rings is 1. The van der Waals surface area contributed by atoms with Crippen LogP contribution in [0.25, 0.3) is 11.0 Å². The molecule has 1 amide bonds. The van der Waals surface area contributed by atoms with E-state index in [4.69, 9.17) is 4.42 Å². The van der Waals surface area contributed by atoms with Gasteiger partial charge in [-0.3, -0.25) is 10.1 Å². The van der Waals surface area contributed by atoms with E-state index in [9.17, 15) is 4.79 Å². The Hall–Kier alpha value is -1.81. The van der Waals surface area contributed by atoms with E-state index in [1.807, 2.05) is 58.0 Å². The Morgan fingerprint density at radius 2 is 1.85 bits per heavy atom. The van der Waals surface area contributed by atoms with Gasteiger partial charge >= 0.3 is 0 Å². The van der Waals surface area contributed by atoms with Crippen molar-refractivity contribution in [3.63, 3.8) is 0 Å². The van der Waals surface area contributed by atoms with E-state index < -0.39 is 0 Å². The monoisotopic (exact) mass is 274 g/mol. The molecule has 0 aliphatic heterocycles. The fourth-order valence-electron chi connectivity index (χ4n) is 2.16. The first-order chi connectivity index (χ1) is 9.47. The molecular formula is C16H22N2O2. The number of nitrogens with one attached hydrogen (secondary N) is 2. The molecule has 2 rings (SSSR count). The summed E-state index contributed by atoms with van der Waals surface area (Å²) in [6.07, 6.45) is 0. The van der Waals surface area contributed by atoms with Gasteiger partial charge in [0.2, 0.25) is 5.91 Å². The van der Waals surface area contributed by atoms with Gasteiger partial charge in [0, 0.05) is 11.4 Å². The molecule has 2 N–H and O–H groups in total. The van der Waals surface area contributed by atoms with Gasteiger partial charge in [-0.1, -0.05) is 18.2 Å². The molecule has 0 aliphatic carbocycles. The van der Waals surface area contributed by atoms with Crippen molar-refractivity contribution < 1.29 is 9.21 Å². The van der Waals surface area contributed by atoms with Crippen LogP contribution < -0.4 is 10.6 Å². The smallest absolute Gasteiger partial charge is 0.237 e. The third kappa shape index (κ3) is 3.39. The third-order valence-corrected chi connectivity index (χ3v) is 3.20. The number of fused-ring (bicyclic) bond motifs is 1. The highest BCUT2D eigenvalue weighted by Gasteiger charge is 2.18. The highest BCUT2D eigenvalue weighted by Crippen LogP contribution is 2.23. The first kappa shape index (κ1) is 14.6. The normalized spacial score (nSPS) is 14.4. The van der Waals surface area contributed by atoms with Crippen molar-refractivity contribution in [2.24, 2.45) is 0 Å². The molecule has 1 aromatic heterocycles. The summed E-state index contributed by atoms with van der Waals surface area (Å²) < 4.78 is 5.80. The summed E-state index contributed by atoms with van der Waals surface area (Å²) in [4.78, 5) is 11.9. The van der Waals surface area contributed by atoms with Crippen molar-refractivity contribution in [2.45, 2.75) is 45.8 Å². The Labute approximate surface area is 119 Å². The van der Waals surface area contributed by atoms with E-state index in [1.165, 1.54) is 0 Å². The van der Waals surface area contributed by atoms with E-state index in [0.29, 0.717) is 0 Å². The Bertz CT molecular complexity index is 556. The molecule has 2 atom stereocenters. The minimum absolute atomic E-state index is 0.00274. The van der Waals surface area contributed by atoms with Gasteiger partial charge in [0.05, 0.1) is 12.1 Å². The second kappa shape index (κ2) is 6.09. The Morgan fingerprint density at radius 3 is 2.50 bits per heavy atom. The quantitative estimate of drug-likeness (QED) is 0.881. The molecule has 0 fully saturated rings. The minimum Gasteiger partial charge on any atom is -0.459 e. The summed E-state index contributed by atoms with van der Waals surface area (Å²) in [6.45, 7) is 7.76. The predicted octanol–water partition coefficient (Wildman–Crippen LogP) is 3.00. The Balaban J connectivity index is 2.04. The molecular weight excluding hydrogens is 252 g/mol. The fraction of sp³-hybridized carbons (Fsp3) is 0.438. The second-order valence-electron chi connectivity index (χ2n) is 5.46. The Morgan fingerprint density at radius 1 is 1.15 bits per heavy atom. The lowest BCUT2D eigenvalue weighted by Crippen LogP contribution is -2.45. The van der Waals surface area contributed by atoms with E-state index in [-0.39, 0.29) is 24.0 Å². The maximum atomic E-state index is 11.9. The van der Waals surface area contributed by atoms with Crippen LogP contribution in [-0.2, 0) is 4.79 Å². The largest absolute Gasteiger partial charge is 0.459 e. The number of hydrogen-bond donors (Lipinski definition) is 2. The van der Waals surface area contributed by atoms with Crippen molar-refractivity contribution in [3.05, 3.63) is 36.1 Å². The zero-order chi connectivity index (χ0) is 14.7. The number of para-hydroxylation sites is 1. The Kier molecular flexibility index (Phi) is 4.45. The van der Waals surface area contributed by atoms with Crippen LogP contribution in [0.5, 0.6) is 0 Å². The molecule has 4 heteroatoms. The van der Waals surface area contributed by atoms with Crippen molar-refractivity contribution in [3.8, 4) is 0 Å². The summed E-state index contributed by atoms with van der Waals surface area (Å²) in [5.74, 6) is 0.846. The average molecular weight is 274 g/mol. The summed E-state index contributed by atoms with van der Waals surface area (Å²) in [7, 11) is 0. The van der Waals surface area contributed by atoms with Gasteiger partial charge in [-0.2, -0.15) is 0 Å². The molecule has 4 nitrogen and oxygen atoms in total. The molecule has 0 spiro atoms. The average Bonchev–Trinajstić information content (AvgIpc) is 2.81. The molecule has 2 unspecified atom stereocenters. The first-order valence-electron chi connectivity index (χ1n) is 7.02. The van der Waals surface area contributed by atoms with E-state index in [2.05, 4.69) is 10.6 Å². The molecule has 0 radical (unpaired) electrons. The number of amides is 1. The summed E-state index contributed by atoms with van der Waals surface area (Å²) in [5, 5.41) is 7.23. The van der Waals surface area contributed by atoms with Crippen LogP contribution in [0.3, 0.4) is 0 Å². The maximum absolute atomic E-state index is 11.9. The van der Waals surface area contributed by atoms with Crippen molar-refractivity contribution in [2.75, 3.05) is 0 Å². The fourth-order valence-corrected chi connectivity index (χ4v) is 2.16. The molecule has 0 aliphatic rings. The van der Waals surface area contributed by atoms with Crippen LogP contribution >= 0.6 is 0 Å². The number of furan rings is 1. The number of carbonyl (C=O) groups excluding carboxylic acids is 1. The lowest BCUT2D eigenvalue weighted by Gasteiger charge is -2.19. The van der Waals surface area contributed by atoms with Crippen LogP contribution in [0, 0.1) is 0 Å². The van der Waals surface area contributed by atoms with Crippen LogP contribution in [0.15, 0.2) is 34.7 Å². The van der Waals surface area contributed by atoms with Gasteiger partial charge in [0.25, 0.3) is 0 Å². The highest BCUT2D eigenvalue weighted by atomic mass is 16.3. The number of hydrogen-bond acceptors (Lipinski definition) is 3. The van der Waals surface area contributed by atoms with Gasteiger partial charge in [-0.25, -0.2) is 0 Å². The molecule has 1 heterocycles. The van der Waals surface area contributed by atoms with Crippen molar-refractivity contribution in [1.82, 2.24) is 10.6 Å². The van der Waals surface area contributed by atoms with Crippen LogP contribution in [0.1, 0.15) is 39.5 Å².